The molecule has 0 bridgehead atoms. The normalized spacial score (nSPS) is 16.1. The number of carbonyl (C=O) groups is 2. The number of thiophene rings is 2. The first kappa shape index (κ1) is 19.9. The van der Waals surface area contributed by atoms with Crippen LogP contribution < -0.4 is 5.73 Å². The molecule has 0 saturated carbocycles. The van der Waals surface area contributed by atoms with Gasteiger partial charge < -0.3 is 10.6 Å². The van der Waals surface area contributed by atoms with Crippen LogP contribution in [-0.4, -0.2) is 45.0 Å². The summed E-state index contributed by atoms with van der Waals surface area (Å²) in [4.78, 5) is 28.5. The molecule has 0 fully saturated rings. The van der Waals surface area contributed by atoms with Crippen LogP contribution in [0.25, 0.3) is 0 Å². The Balaban J connectivity index is 1.43. The van der Waals surface area contributed by atoms with E-state index in [2.05, 4.69) is 33.1 Å². The number of hydrogen-bond donors (Lipinski definition) is 1. The molecule has 1 aliphatic rings. The summed E-state index contributed by atoms with van der Waals surface area (Å²) in [6.07, 6.45) is 0.901. The molecule has 0 radical (unpaired) electrons. The van der Waals surface area contributed by atoms with Crippen molar-refractivity contribution in [3.05, 3.63) is 44.3 Å². The van der Waals surface area contributed by atoms with Gasteiger partial charge >= 0.3 is 0 Å². The first-order chi connectivity index (χ1) is 13.6. The molecular weight excluding hydrogens is 453 g/mol. The fraction of sp³-hybridized carbons (Fsp3) is 0.294. The van der Waals surface area contributed by atoms with Crippen LogP contribution >= 0.6 is 57.5 Å². The van der Waals surface area contributed by atoms with Gasteiger partial charge in [-0.2, -0.15) is 0 Å². The summed E-state index contributed by atoms with van der Waals surface area (Å²) >= 11 is 7.49. The van der Waals surface area contributed by atoms with Crippen molar-refractivity contribution in [2.45, 2.75) is 21.1 Å². The fourth-order valence-electron chi connectivity index (χ4n) is 2.99. The minimum atomic E-state index is -0.387. The third kappa shape index (κ3) is 4.43. The van der Waals surface area contributed by atoms with Gasteiger partial charge in [-0.15, -0.1) is 32.9 Å². The van der Waals surface area contributed by atoms with E-state index in [9.17, 15) is 9.59 Å². The monoisotopic (exact) mass is 468 g/mol. The third-order valence-electron chi connectivity index (χ3n) is 4.14. The van der Waals surface area contributed by atoms with Gasteiger partial charge in [-0.25, -0.2) is 0 Å². The molecule has 4 rings (SSSR count). The number of aromatic nitrogens is 2. The Hall–Kier alpha value is -1.40. The highest BCUT2D eigenvalue weighted by Gasteiger charge is 2.33. The summed E-state index contributed by atoms with van der Waals surface area (Å²) in [6, 6.07) is 6.27. The second-order valence-electron chi connectivity index (χ2n) is 5.93. The highest BCUT2D eigenvalue weighted by atomic mass is 32.2. The van der Waals surface area contributed by atoms with Crippen molar-refractivity contribution in [3.8, 4) is 0 Å². The lowest BCUT2D eigenvalue weighted by Gasteiger charge is -2.35. The summed E-state index contributed by atoms with van der Waals surface area (Å²) in [6.45, 7) is 0.727. The highest BCUT2D eigenvalue weighted by Crippen LogP contribution is 2.40. The van der Waals surface area contributed by atoms with Crippen LogP contribution in [0.1, 0.15) is 21.4 Å². The van der Waals surface area contributed by atoms with Crippen LogP contribution in [-0.2, 0) is 16.0 Å². The number of thioether (sulfide) groups is 2. The maximum Gasteiger partial charge on any atom is 0.233 e. The quantitative estimate of drug-likeness (QED) is 0.534. The van der Waals surface area contributed by atoms with Gasteiger partial charge in [-0.05, 0) is 34.9 Å². The highest BCUT2D eigenvalue weighted by molar-refractivity contribution is 8.03. The average molecular weight is 469 g/mol. The second kappa shape index (κ2) is 8.95. The Labute approximate surface area is 182 Å². The molecular formula is C17H16N4O2S5. The van der Waals surface area contributed by atoms with Crippen LogP contribution in [0.3, 0.4) is 0 Å². The second-order valence-corrected chi connectivity index (χ2v) is 11.3. The Kier molecular flexibility index (Phi) is 6.36. The summed E-state index contributed by atoms with van der Waals surface area (Å²) in [5, 5.41) is 12.3. The van der Waals surface area contributed by atoms with Gasteiger partial charge in [0, 0.05) is 16.3 Å². The lowest BCUT2D eigenvalue weighted by atomic mass is 9.98. The molecule has 146 valence electrons. The molecule has 1 aliphatic heterocycles. The zero-order valence-electron chi connectivity index (χ0n) is 14.6. The van der Waals surface area contributed by atoms with E-state index < -0.39 is 0 Å². The number of carbonyl (C=O) groups excluding carboxylic acids is 2. The van der Waals surface area contributed by atoms with Crippen LogP contribution in [0.5, 0.6) is 0 Å². The number of fused-ring (bicyclic) bond motifs is 1. The minimum absolute atomic E-state index is 0.000738. The maximum atomic E-state index is 13.0. The average Bonchev–Trinajstić information content (AvgIpc) is 3.45. The van der Waals surface area contributed by atoms with Crippen LogP contribution in [0, 0.1) is 0 Å². The Morgan fingerprint density at radius 2 is 1.93 bits per heavy atom. The Morgan fingerprint density at radius 1 is 1.14 bits per heavy atom. The summed E-state index contributed by atoms with van der Waals surface area (Å²) in [5.41, 5.74) is 6.40. The maximum absolute atomic E-state index is 13.0. The number of nitrogens with two attached hydrogens (primary N) is 1. The van der Waals surface area contributed by atoms with Gasteiger partial charge in [0.15, 0.2) is 8.68 Å². The molecule has 0 aromatic carbocycles. The fourth-order valence-corrected chi connectivity index (χ4v) is 7.40. The van der Waals surface area contributed by atoms with Gasteiger partial charge in [0.05, 0.1) is 17.5 Å². The van der Waals surface area contributed by atoms with Crippen molar-refractivity contribution >= 4 is 69.3 Å². The first-order valence-electron chi connectivity index (χ1n) is 8.38. The van der Waals surface area contributed by atoms with E-state index in [1.165, 1.54) is 50.2 Å². The summed E-state index contributed by atoms with van der Waals surface area (Å²) in [7, 11) is 0. The van der Waals surface area contributed by atoms with E-state index in [0.717, 1.165) is 17.3 Å². The third-order valence-corrected chi connectivity index (χ3v) is 9.26. The molecule has 3 aromatic rings. The van der Waals surface area contributed by atoms with Crippen LogP contribution in [0.4, 0.5) is 0 Å². The first-order valence-corrected chi connectivity index (χ1v) is 12.9. The standard InChI is InChI=1S/C17H16N4O2S5/c18-13(22)8-26-16-19-20-17(28-16)27-9-14(23)21-5-3-11-10(4-7-25-11)15(21)12-2-1-6-24-12/h1-2,4,6-7,15H,3,5,8-9H2,(H2,18,22). The zero-order valence-corrected chi connectivity index (χ0v) is 18.7. The molecule has 2 N–H and O–H groups in total. The van der Waals surface area contributed by atoms with Crippen molar-refractivity contribution in [2.75, 3.05) is 18.1 Å². The molecule has 1 unspecified atom stereocenters. The van der Waals surface area contributed by atoms with E-state index in [4.69, 9.17) is 5.73 Å². The van der Waals surface area contributed by atoms with Crippen molar-refractivity contribution < 1.29 is 9.59 Å². The van der Waals surface area contributed by atoms with Crippen LogP contribution in [0.2, 0.25) is 0 Å². The van der Waals surface area contributed by atoms with Crippen LogP contribution in [0.15, 0.2) is 37.6 Å². The van der Waals surface area contributed by atoms with Crippen molar-refractivity contribution in [1.82, 2.24) is 15.1 Å². The van der Waals surface area contributed by atoms with E-state index in [1.54, 1.807) is 22.7 Å². The van der Waals surface area contributed by atoms with Crippen molar-refractivity contribution in [3.63, 3.8) is 0 Å². The molecule has 0 spiro atoms. The molecule has 2 amide bonds. The smallest absolute Gasteiger partial charge is 0.233 e. The van der Waals surface area contributed by atoms with Crippen molar-refractivity contribution in [2.24, 2.45) is 5.73 Å². The molecule has 11 heteroatoms. The van der Waals surface area contributed by atoms with Gasteiger partial charge in [0.2, 0.25) is 11.8 Å². The Bertz CT molecular complexity index is 968. The van der Waals surface area contributed by atoms with Gasteiger partial charge in [0.1, 0.15) is 0 Å². The lowest BCUT2D eigenvalue weighted by molar-refractivity contribution is -0.130. The molecule has 0 aliphatic carbocycles. The molecule has 4 heterocycles. The molecule has 6 nitrogen and oxygen atoms in total. The molecule has 3 aromatic heterocycles. The predicted octanol–water partition coefficient (Wildman–Crippen LogP) is 3.50. The van der Waals surface area contributed by atoms with Gasteiger partial charge in [0.25, 0.3) is 0 Å². The Morgan fingerprint density at radius 3 is 2.64 bits per heavy atom. The van der Waals surface area contributed by atoms with E-state index in [1.807, 2.05) is 11.0 Å². The lowest BCUT2D eigenvalue weighted by Crippen LogP contribution is -2.40. The number of hydrogen-bond acceptors (Lipinski definition) is 9. The number of rotatable bonds is 7. The topological polar surface area (TPSA) is 89.2 Å². The summed E-state index contributed by atoms with van der Waals surface area (Å²) in [5.74, 6) is 0.206. The predicted molar refractivity (Wildman–Crippen MR) is 116 cm³/mol. The number of nitrogens with zero attached hydrogens (tertiary/aromatic N) is 3. The van der Waals surface area contributed by atoms with Crippen molar-refractivity contribution in [1.29, 1.82) is 0 Å². The van der Waals surface area contributed by atoms with E-state index in [-0.39, 0.29) is 23.6 Å². The van der Waals surface area contributed by atoms with Gasteiger partial charge in [-0.3, -0.25) is 9.59 Å². The molecule has 0 saturated heterocycles. The minimum Gasteiger partial charge on any atom is -0.369 e. The molecule has 1 atom stereocenters. The molecule has 28 heavy (non-hydrogen) atoms. The largest absolute Gasteiger partial charge is 0.369 e. The SMILES string of the molecule is NC(=O)CSc1nnc(SCC(=O)N2CCc3sccc3C2c2cccs2)s1. The van der Waals surface area contributed by atoms with Gasteiger partial charge in [-0.1, -0.05) is 40.9 Å². The van der Waals surface area contributed by atoms with E-state index >= 15 is 0 Å². The zero-order chi connectivity index (χ0) is 19.5. The number of primary amides is 1. The number of amides is 2. The summed E-state index contributed by atoms with van der Waals surface area (Å²) < 4.78 is 1.41. The van der Waals surface area contributed by atoms with E-state index in [0.29, 0.717) is 10.1 Å².